The van der Waals surface area contributed by atoms with Gasteiger partial charge in [-0.3, -0.25) is 0 Å². The molecule has 0 radical (unpaired) electrons. The minimum absolute atomic E-state index is 0.564. The molecule has 0 aliphatic heterocycles. The minimum atomic E-state index is -0.822. The summed E-state index contributed by atoms with van der Waals surface area (Å²) in [5, 5.41) is 13.0. The Morgan fingerprint density at radius 2 is 2.43 bits per heavy atom. The molecule has 14 heavy (non-hydrogen) atoms. The summed E-state index contributed by atoms with van der Waals surface area (Å²) in [7, 11) is 0. The van der Waals surface area contributed by atoms with Crippen LogP contribution in [0.3, 0.4) is 0 Å². The third kappa shape index (κ3) is 1.74. The second-order valence-corrected chi connectivity index (χ2v) is 5.22. The first kappa shape index (κ1) is 10.2. The lowest BCUT2D eigenvalue weighted by Crippen LogP contribution is -2.25. The van der Waals surface area contributed by atoms with Crippen LogP contribution < -0.4 is 0 Å². The van der Waals surface area contributed by atoms with Gasteiger partial charge in [0.1, 0.15) is 5.60 Å². The molecule has 1 aromatic heterocycles. The first-order valence-corrected chi connectivity index (χ1v) is 6.03. The Morgan fingerprint density at radius 1 is 1.64 bits per heavy atom. The highest BCUT2D eigenvalue weighted by Gasteiger charge is 2.32. The SMILES string of the molecule is CC1C=CC(O)(c2sccc2Cl)CC1. The summed E-state index contributed by atoms with van der Waals surface area (Å²) in [5.74, 6) is 0.564. The molecule has 1 aliphatic rings. The number of allylic oxidation sites excluding steroid dienone is 1. The molecule has 76 valence electrons. The molecule has 0 fully saturated rings. The molecule has 1 N–H and O–H groups in total. The normalized spacial score (nSPS) is 32.1. The van der Waals surface area contributed by atoms with Crippen molar-refractivity contribution < 1.29 is 5.11 Å². The standard InChI is InChI=1S/C11H13ClOS/c1-8-2-5-11(13,6-3-8)10-9(12)4-7-14-10/h2,4-5,7-8,13H,3,6H2,1H3. The second kappa shape index (κ2) is 3.69. The monoisotopic (exact) mass is 228 g/mol. The Kier molecular flexibility index (Phi) is 2.69. The van der Waals surface area contributed by atoms with Crippen LogP contribution in [-0.4, -0.2) is 5.11 Å². The van der Waals surface area contributed by atoms with Crippen LogP contribution in [0.2, 0.25) is 5.02 Å². The van der Waals surface area contributed by atoms with Crippen molar-refractivity contribution in [3.63, 3.8) is 0 Å². The molecule has 0 spiro atoms. The number of halogens is 1. The van der Waals surface area contributed by atoms with Crippen molar-refractivity contribution in [1.82, 2.24) is 0 Å². The van der Waals surface area contributed by atoms with Gasteiger partial charge in [-0.15, -0.1) is 11.3 Å². The van der Waals surface area contributed by atoms with E-state index in [4.69, 9.17) is 11.6 Å². The zero-order chi connectivity index (χ0) is 10.2. The van der Waals surface area contributed by atoms with Gasteiger partial charge in [-0.2, -0.15) is 0 Å². The Hall–Kier alpha value is -0.310. The average molecular weight is 229 g/mol. The highest BCUT2D eigenvalue weighted by molar-refractivity contribution is 7.10. The summed E-state index contributed by atoms with van der Waals surface area (Å²) in [6.07, 6.45) is 5.74. The number of hydrogen-bond donors (Lipinski definition) is 1. The van der Waals surface area contributed by atoms with Crippen LogP contribution >= 0.6 is 22.9 Å². The van der Waals surface area contributed by atoms with Crippen LogP contribution in [0.25, 0.3) is 0 Å². The Bertz CT molecular complexity index is 358. The van der Waals surface area contributed by atoms with Crippen molar-refractivity contribution >= 4 is 22.9 Å². The number of aliphatic hydroxyl groups is 1. The molecule has 1 aromatic rings. The van der Waals surface area contributed by atoms with Crippen LogP contribution in [0.4, 0.5) is 0 Å². The molecule has 0 bridgehead atoms. The maximum absolute atomic E-state index is 10.4. The molecule has 0 aromatic carbocycles. The summed E-state index contributed by atoms with van der Waals surface area (Å²) in [6, 6.07) is 1.84. The van der Waals surface area contributed by atoms with E-state index in [-0.39, 0.29) is 0 Å². The van der Waals surface area contributed by atoms with Gasteiger partial charge in [-0.25, -0.2) is 0 Å². The lowest BCUT2D eigenvalue weighted by Gasteiger charge is -2.29. The van der Waals surface area contributed by atoms with E-state index < -0.39 is 5.60 Å². The lowest BCUT2D eigenvalue weighted by molar-refractivity contribution is 0.0711. The molecule has 1 heterocycles. The summed E-state index contributed by atoms with van der Waals surface area (Å²) >= 11 is 7.54. The topological polar surface area (TPSA) is 20.2 Å². The van der Waals surface area contributed by atoms with E-state index in [0.717, 1.165) is 17.7 Å². The number of rotatable bonds is 1. The lowest BCUT2D eigenvalue weighted by atomic mass is 9.85. The predicted octanol–water partition coefficient (Wildman–Crippen LogP) is 3.58. The van der Waals surface area contributed by atoms with Crippen molar-refractivity contribution in [3.8, 4) is 0 Å². The maximum atomic E-state index is 10.4. The average Bonchev–Trinajstić information content (AvgIpc) is 2.58. The predicted molar refractivity (Wildman–Crippen MR) is 60.8 cm³/mol. The maximum Gasteiger partial charge on any atom is 0.118 e. The van der Waals surface area contributed by atoms with Gasteiger partial charge in [0.05, 0.1) is 9.90 Å². The van der Waals surface area contributed by atoms with Gasteiger partial charge in [0.15, 0.2) is 0 Å². The third-order valence-electron chi connectivity index (χ3n) is 2.69. The molecular formula is C11H13ClOS. The zero-order valence-corrected chi connectivity index (χ0v) is 9.61. The highest BCUT2D eigenvalue weighted by atomic mass is 35.5. The molecule has 2 unspecified atom stereocenters. The van der Waals surface area contributed by atoms with Gasteiger partial charge in [0.25, 0.3) is 0 Å². The van der Waals surface area contributed by atoms with Crippen LogP contribution in [0.1, 0.15) is 24.6 Å². The molecular weight excluding hydrogens is 216 g/mol. The van der Waals surface area contributed by atoms with E-state index in [1.165, 1.54) is 11.3 Å². The molecule has 3 heteroatoms. The van der Waals surface area contributed by atoms with E-state index in [1.807, 2.05) is 17.5 Å². The fourth-order valence-electron chi connectivity index (χ4n) is 1.74. The minimum Gasteiger partial charge on any atom is -0.380 e. The van der Waals surface area contributed by atoms with Crippen molar-refractivity contribution in [2.24, 2.45) is 5.92 Å². The van der Waals surface area contributed by atoms with E-state index in [2.05, 4.69) is 13.0 Å². The van der Waals surface area contributed by atoms with E-state index in [0.29, 0.717) is 10.9 Å². The van der Waals surface area contributed by atoms with E-state index in [1.54, 1.807) is 0 Å². The summed E-state index contributed by atoms with van der Waals surface area (Å²) in [6.45, 7) is 2.16. The van der Waals surface area contributed by atoms with Crippen LogP contribution in [0, 0.1) is 5.92 Å². The molecule has 2 atom stereocenters. The first-order chi connectivity index (χ1) is 6.62. The Balaban J connectivity index is 2.34. The molecule has 0 saturated heterocycles. The van der Waals surface area contributed by atoms with E-state index >= 15 is 0 Å². The quantitative estimate of drug-likeness (QED) is 0.729. The molecule has 1 nitrogen and oxygen atoms in total. The van der Waals surface area contributed by atoms with Gasteiger partial charge >= 0.3 is 0 Å². The van der Waals surface area contributed by atoms with Crippen LogP contribution in [0.5, 0.6) is 0 Å². The first-order valence-electron chi connectivity index (χ1n) is 4.77. The summed E-state index contributed by atoms with van der Waals surface area (Å²) in [5.41, 5.74) is -0.822. The highest BCUT2D eigenvalue weighted by Crippen LogP contribution is 2.40. The summed E-state index contributed by atoms with van der Waals surface area (Å²) < 4.78 is 0. The number of hydrogen-bond acceptors (Lipinski definition) is 2. The number of thiophene rings is 1. The van der Waals surface area contributed by atoms with Crippen molar-refractivity contribution in [2.45, 2.75) is 25.4 Å². The van der Waals surface area contributed by atoms with Gasteiger partial charge in [0, 0.05) is 0 Å². The molecule has 0 saturated carbocycles. The van der Waals surface area contributed by atoms with Gasteiger partial charge < -0.3 is 5.11 Å². The van der Waals surface area contributed by atoms with Crippen molar-refractivity contribution in [1.29, 1.82) is 0 Å². The van der Waals surface area contributed by atoms with Crippen LogP contribution in [-0.2, 0) is 5.60 Å². The molecule has 1 aliphatic carbocycles. The largest absolute Gasteiger partial charge is 0.380 e. The van der Waals surface area contributed by atoms with Gasteiger partial charge in [-0.1, -0.05) is 30.7 Å². The Morgan fingerprint density at radius 3 is 2.93 bits per heavy atom. The van der Waals surface area contributed by atoms with E-state index in [9.17, 15) is 5.11 Å². The van der Waals surface area contributed by atoms with Crippen molar-refractivity contribution in [2.75, 3.05) is 0 Å². The summed E-state index contributed by atoms with van der Waals surface area (Å²) in [4.78, 5) is 0.877. The molecule has 2 rings (SSSR count). The smallest absolute Gasteiger partial charge is 0.118 e. The fraction of sp³-hybridized carbons (Fsp3) is 0.455. The zero-order valence-electron chi connectivity index (χ0n) is 8.03. The third-order valence-corrected chi connectivity index (χ3v) is 4.20. The second-order valence-electron chi connectivity index (χ2n) is 3.90. The Labute approximate surface area is 93.0 Å². The van der Waals surface area contributed by atoms with Crippen LogP contribution in [0.15, 0.2) is 23.6 Å². The van der Waals surface area contributed by atoms with Crippen molar-refractivity contribution in [3.05, 3.63) is 33.5 Å². The van der Waals surface area contributed by atoms with Gasteiger partial charge in [-0.05, 0) is 30.2 Å². The molecule has 0 amide bonds. The fourth-order valence-corrected chi connectivity index (χ4v) is 3.07. The van der Waals surface area contributed by atoms with Gasteiger partial charge in [0.2, 0.25) is 0 Å².